The van der Waals surface area contributed by atoms with E-state index in [1.165, 1.54) is 41.3 Å². The fourth-order valence-electron chi connectivity index (χ4n) is 2.27. The molecule has 0 spiro atoms. The summed E-state index contributed by atoms with van der Waals surface area (Å²) in [5.74, 6) is -2.36. The number of carbonyl (C=O) groups excluding carboxylic acids is 3. The second-order valence-electron chi connectivity index (χ2n) is 5.73. The SMILES string of the molecule is NC(=O)CCN(C(=O)COC(=O)/C=C/c1cccc(Cl)c1)c1ccc(F)cc1. The summed E-state index contributed by atoms with van der Waals surface area (Å²) in [5.41, 5.74) is 6.19. The Kier molecular flexibility index (Phi) is 7.71. The Labute approximate surface area is 166 Å². The summed E-state index contributed by atoms with van der Waals surface area (Å²) in [6, 6.07) is 12.0. The van der Waals surface area contributed by atoms with Gasteiger partial charge in [0.05, 0.1) is 0 Å². The van der Waals surface area contributed by atoms with E-state index in [0.717, 1.165) is 0 Å². The molecule has 0 aliphatic carbocycles. The van der Waals surface area contributed by atoms with Crippen molar-refractivity contribution in [1.82, 2.24) is 0 Å². The van der Waals surface area contributed by atoms with Crippen molar-refractivity contribution in [2.45, 2.75) is 6.42 Å². The Morgan fingerprint density at radius 3 is 2.50 bits per heavy atom. The number of primary amides is 1. The number of amides is 2. The number of rotatable bonds is 8. The second kappa shape index (κ2) is 10.2. The summed E-state index contributed by atoms with van der Waals surface area (Å²) in [5, 5.41) is 0.523. The number of ether oxygens (including phenoxy) is 1. The Bertz CT molecular complexity index is 884. The molecule has 0 unspecified atom stereocenters. The van der Waals surface area contributed by atoms with Crippen LogP contribution in [0, 0.1) is 5.82 Å². The minimum Gasteiger partial charge on any atom is -0.452 e. The van der Waals surface area contributed by atoms with E-state index in [0.29, 0.717) is 16.3 Å². The van der Waals surface area contributed by atoms with Crippen molar-refractivity contribution in [1.29, 1.82) is 0 Å². The fourth-order valence-corrected chi connectivity index (χ4v) is 2.47. The van der Waals surface area contributed by atoms with Crippen LogP contribution < -0.4 is 10.6 Å². The van der Waals surface area contributed by atoms with Gasteiger partial charge >= 0.3 is 5.97 Å². The molecule has 0 aliphatic rings. The third kappa shape index (κ3) is 6.85. The van der Waals surface area contributed by atoms with E-state index in [9.17, 15) is 18.8 Å². The third-order valence-electron chi connectivity index (χ3n) is 3.62. The zero-order valence-corrected chi connectivity index (χ0v) is 15.6. The van der Waals surface area contributed by atoms with Crippen LogP contribution in [-0.4, -0.2) is 30.9 Å². The highest BCUT2D eigenvalue weighted by Gasteiger charge is 2.18. The number of esters is 1. The number of hydrogen-bond donors (Lipinski definition) is 1. The van der Waals surface area contributed by atoms with Crippen molar-refractivity contribution in [3.63, 3.8) is 0 Å². The molecule has 0 saturated carbocycles. The summed E-state index contributed by atoms with van der Waals surface area (Å²) >= 11 is 5.86. The van der Waals surface area contributed by atoms with Crippen LogP contribution in [0.3, 0.4) is 0 Å². The minimum absolute atomic E-state index is 0.0182. The molecule has 2 rings (SSSR count). The van der Waals surface area contributed by atoms with Gasteiger partial charge in [0.15, 0.2) is 6.61 Å². The van der Waals surface area contributed by atoms with Gasteiger partial charge in [-0.1, -0.05) is 23.7 Å². The van der Waals surface area contributed by atoms with Gasteiger partial charge in [-0.2, -0.15) is 0 Å². The zero-order valence-electron chi connectivity index (χ0n) is 14.8. The standard InChI is InChI=1S/C20H18ClFN2O4/c21-15-3-1-2-14(12-15)4-9-20(27)28-13-19(26)24(11-10-18(23)25)17-7-5-16(22)6-8-17/h1-9,12H,10-11,13H2,(H2,23,25)/b9-4+. The molecular formula is C20H18ClFN2O4. The Morgan fingerprint density at radius 1 is 1.14 bits per heavy atom. The molecule has 2 N–H and O–H groups in total. The molecule has 0 heterocycles. The summed E-state index contributed by atoms with van der Waals surface area (Å²) in [7, 11) is 0. The highest BCUT2D eigenvalue weighted by molar-refractivity contribution is 6.30. The van der Waals surface area contributed by atoms with Crippen molar-refractivity contribution >= 4 is 41.1 Å². The number of nitrogens with zero attached hydrogens (tertiary/aromatic N) is 1. The van der Waals surface area contributed by atoms with Gasteiger partial charge in [-0.15, -0.1) is 0 Å². The van der Waals surface area contributed by atoms with Crippen LogP contribution in [0.1, 0.15) is 12.0 Å². The van der Waals surface area contributed by atoms with Gasteiger partial charge in [-0.05, 0) is 48.0 Å². The number of hydrogen-bond acceptors (Lipinski definition) is 4. The summed E-state index contributed by atoms with van der Waals surface area (Å²) in [4.78, 5) is 36.5. The highest BCUT2D eigenvalue weighted by atomic mass is 35.5. The van der Waals surface area contributed by atoms with Gasteiger partial charge in [0, 0.05) is 29.8 Å². The lowest BCUT2D eigenvalue weighted by Crippen LogP contribution is -2.37. The first-order valence-corrected chi connectivity index (χ1v) is 8.67. The smallest absolute Gasteiger partial charge is 0.331 e. The van der Waals surface area contributed by atoms with Crippen LogP contribution in [0.5, 0.6) is 0 Å². The largest absolute Gasteiger partial charge is 0.452 e. The molecule has 0 fully saturated rings. The van der Waals surface area contributed by atoms with Crippen LogP contribution in [0.15, 0.2) is 54.6 Å². The van der Waals surface area contributed by atoms with Gasteiger partial charge in [0.1, 0.15) is 5.82 Å². The first kappa shape index (κ1) is 21.1. The third-order valence-corrected chi connectivity index (χ3v) is 3.85. The average Bonchev–Trinajstić information content (AvgIpc) is 2.66. The second-order valence-corrected chi connectivity index (χ2v) is 6.17. The van der Waals surface area contributed by atoms with E-state index in [-0.39, 0.29) is 13.0 Å². The zero-order chi connectivity index (χ0) is 20.5. The highest BCUT2D eigenvalue weighted by Crippen LogP contribution is 2.16. The minimum atomic E-state index is -0.720. The molecule has 0 aliphatic heterocycles. The van der Waals surface area contributed by atoms with E-state index in [1.54, 1.807) is 24.3 Å². The average molecular weight is 405 g/mol. The van der Waals surface area contributed by atoms with Gasteiger partial charge < -0.3 is 15.4 Å². The molecule has 0 saturated heterocycles. The lowest BCUT2D eigenvalue weighted by Gasteiger charge is -2.22. The summed E-state index contributed by atoms with van der Waals surface area (Å²) in [6.07, 6.45) is 2.58. The van der Waals surface area contributed by atoms with Crippen LogP contribution in [0.4, 0.5) is 10.1 Å². The molecule has 2 amide bonds. The first-order valence-electron chi connectivity index (χ1n) is 8.30. The van der Waals surface area contributed by atoms with Crippen molar-refractivity contribution in [2.24, 2.45) is 5.73 Å². The summed E-state index contributed by atoms with van der Waals surface area (Å²) in [6.45, 7) is -0.565. The molecule has 0 aromatic heterocycles. The molecule has 28 heavy (non-hydrogen) atoms. The Morgan fingerprint density at radius 2 is 1.86 bits per heavy atom. The predicted molar refractivity (Wildman–Crippen MR) is 104 cm³/mol. The lowest BCUT2D eigenvalue weighted by atomic mass is 10.2. The normalized spacial score (nSPS) is 10.6. The van der Waals surface area contributed by atoms with Crippen molar-refractivity contribution in [2.75, 3.05) is 18.1 Å². The maximum atomic E-state index is 13.1. The van der Waals surface area contributed by atoms with Gasteiger partial charge in [-0.3, -0.25) is 9.59 Å². The molecule has 146 valence electrons. The van der Waals surface area contributed by atoms with Crippen molar-refractivity contribution in [3.05, 3.63) is 71.0 Å². The monoisotopic (exact) mass is 404 g/mol. The molecule has 2 aromatic carbocycles. The van der Waals surface area contributed by atoms with Crippen molar-refractivity contribution < 1.29 is 23.5 Å². The van der Waals surface area contributed by atoms with Crippen LogP contribution in [-0.2, 0) is 19.1 Å². The van der Waals surface area contributed by atoms with Crippen LogP contribution in [0.2, 0.25) is 5.02 Å². The molecular weight excluding hydrogens is 387 g/mol. The number of nitrogens with two attached hydrogens (primary N) is 1. The molecule has 6 nitrogen and oxygen atoms in total. The molecule has 2 aromatic rings. The fraction of sp³-hybridized carbons (Fsp3) is 0.150. The van der Waals surface area contributed by atoms with Crippen molar-refractivity contribution in [3.8, 4) is 0 Å². The van der Waals surface area contributed by atoms with E-state index < -0.39 is 30.2 Å². The predicted octanol–water partition coefficient (Wildman–Crippen LogP) is 2.94. The van der Waals surface area contributed by atoms with Gasteiger partial charge in [0.25, 0.3) is 5.91 Å². The maximum Gasteiger partial charge on any atom is 0.331 e. The van der Waals surface area contributed by atoms with E-state index in [4.69, 9.17) is 22.1 Å². The van der Waals surface area contributed by atoms with E-state index in [1.807, 2.05) is 0 Å². The quantitative estimate of drug-likeness (QED) is 0.541. The molecule has 0 atom stereocenters. The van der Waals surface area contributed by atoms with E-state index in [2.05, 4.69) is 0 Å². The van der Waals surface area contributed by atoms with E-state index >= 15 is 0 Å². The van der Waals surface area contributed by atoms with Crippen LogP contribution in [0.25, 0.3) is 6.08 Å². The topological polar surface area (TPSA) is 89.7 Å². The first-order chi connectivity index (χ1) is 13.3. The number of anilines is 1. The molecule has 8 heteroatoms. The lowest BCUT2D eigenvalue weighted by molar-refractivity contribution is -0.143. The summed E-state index contributed by atoms with van der Waals surface area (Å²) < 4.78 is 18.1. The number of halogens is 2. The van der Waals surface area contributed by atoms with Gasteiger partial charge in [0.2, 0.25) is 5.91 Å². The molecule has 0 bridgehead atoms. The maximum absolute atomic E-state index is 13.1. The Hall–Kier alpha value is -3.19. The number of benzene rings is 2. The Balaban J connectivity index is 1.98. The van der Waals surface area contributed by atoms with Crippen LogP contribution >= 0.6 is 11.6 Å². The molecule has 0 radical (unpaired) electrons. The number of carbonyl (C=O) groups is 3. The van der Waals surface area contributed by atoms with Gasteiger partial charge in [-0.25, -0.2) is 9.18 Å².